The minimum absolute atomic E-state index is 0.0767. The topological polar surface area (TPSA) is 32.3 Å². The molecule has 1 saturated heterocycles. The average Bonchev–Trinajstić information content (AvgIpc) is 2.43. The van der Waals surface area contributed by atoms with Gasteiger partial charge in [0.2, 0.25) is 0 Å². The van der Waals surface area contributed by atoms with Crippen LogP contribution in [0.5, 0.6) is 0 Å². The Morgan fingerprint density at radius 3 is 2.93 bits per heavy atom. The van der Waals surface area contributed by atoms with E-state index in [0.717, 1.165) is 19.3 Å². The molecule has 1 atom stereocenters. The van der Waals surface area contributed by atoms with E-state index < -0.39 is 6.67 Å². The van der Waals surface area contributed by atoms with E-state index in [1.807, 2.05) is 0 Å². The molecule has 3 nitrogen and oxygen atoms in total. The summed E-state index contributed by atoms with van der Waals surface area (Å²) in [5, 5.41) is 3.28. The summed E-state index contributed by atoms with van der Waals surface area (Å²) in [4.78, 5) is 12.9. The van der Waals surface area contributed by atoms with Crippen LogP contribution < -0.4 is 5.32 Å². The van der Waals surface area contributed by atoms with Crippen LogP contribution >= 0.6 is 12.2 Å². The molecule has 0 bridgehead atoms. The third-order valence-electron chi connectivity index (χ3n) is 2.26. The molecule has 1 rings (SSSR count). The smallest absolute Gasteiger partial charge is 0.251 e. The Balaban J connectivity index is 2.51. The molecule has 5 heteroatoms. The third kappa shape index (κ3) is 2.41. The number of unbranched alkanes of at least 4 members (excludes halogenated alkanes) is 1. The van der Waals surface area contributed by atoms with E-state index in [-0.39, 0.29) is 18.5 Å². The summed E-state index contributed by atoms with van der Waals surface area (Å²) in [6, 6.07) is -0.228. The number of nitrogens with one attached hydrogen (secondary N) is 1. The van der Waals surface area contributed by atoms with Crippen molar-refractivity contribution in [1.82, 2.24) is 10.2 Å². The highest BCUT2D eigenvalue weighted by molar-refractivity contribution is 7.80. The number of halogens is 1. The van der Waals surface area contributed by atoms with E-state index >= 15 is 0 Å². The Kier molecular flexibility index (Phi) is 4.25. The Labute approximate surface area is 88.6 Å². The number of carbonyl (C=O) groups excluding carboxylic acids is 1. The first-order valence-electron chi connectivity index (χ1n) is 4.88. The van der Waals surface area contributed by atoms with Gasteiger partial charge < -0.3 is 5.32 Å². The molecule has 80 valence electrons. The molecule has 0 radical (unpaired) electrons. The molecular weight excluding hydrogens is 203 g/mol. The maximum atomic E-state index is 12.1. The van der Waals surface area contributed by atoms with Crippen LogP contribution in [0.15, 0.2) is 0 Å². The van der Waals surface area contributed by atoms with Gasteiger partial charge in [0.1, 0.15) is 12.7 Å². The minimum Gasteiger partial charge on any atom is -0.350 e. The van der Waals surface area contributed by atoms with Gasteiger partial charge in [-0.3, -0.25) is 9.69 Å². The van der Waals surface area contributed by atoms with Gasteiger partial charge in [0.25, 0.3) is 5.91 Å². The van der Waals surface area contributed by atoms with Gasteiger partial charge in [-0.2, -0.15) is 0 Å². The van der Waals surface area contributed by atoms with Crippen molar-refractivity contribution in [3.8, 4) is 0 Å². The number of thiocarbonyl (C=S) groups is 1. The second-order valence-corrected chi connectivity index (χ2v) is 3.71. The Bertz CT molecular complexity index is 235. The van der Waals surface area contributed by atoms with Crippen molar-refractivity contribution in [3.05, 3.63) is 0 Å². The van der Waals surface area contributed by atoms with Crippen molar-refractivity contribution in [2.75, 3.05) is 13.2 Å². The maximum Gasteiger partial charge on any atom is 0.251 e. The zero-order chi connectivity index (χ0) is 10.6. The summed E-state index contributed by atoms with van der Waals surface area (Å²) in [7, 11) is 0. The van der Waals surface area contributed by atoms with Gasteiger partial charge in [0.05, 0.1) is 6.54 Å². The minimum atomic E-state index is -0.548. The predicted octanol–water partition coefficient (Wildman–Crippen LogP) is 1.23. The van der Waals surface area contributed by atoms with Crippen LogP contribution in [0, 0.1) is 0 Å². The Morgan fingerprint density at radius 1 is 1.64 bits per heavy atom. The molecular formula is C9H15FN2OS. The Morgan fingerprint density at radius 2 is 2.36 bits per heavy atom. The molecule has 1 aliphatic heterocycles. The van der Waals surface area contributed by atoms with E-state index in [1.165, 1.54) is 4.90 Å². The highest BCUT2D eigenvalue weighted by Crippen LogP contribution is 2.11. The molecule has 0 unspecified atom stereocenters. The highest BCUT2D eigenvalue weighted by atomic mass is 32.1. The molecule has 0 aromatic carbocycles. The standard InChI is InChI=1S/C9H15FN2OS/c1-2-3-4-7-8(13)12(6-5-10)9(14)11-7/h7H,2-6H2,1H3,(H,11,14)/t7-/m1/s1. The zero-order valence-electron chi connectivity index (χ0n) is 8.25. The summed E-state index contributed by atoms with van der Waals surface area (Å²) in [5.41, 5.74) is 0. The van der Waals surface area contributed by atoms with Crippen LogP contribution in [-0.4, -0.2) is 35.2 Å². The van der Waals surface area contributed by atoms with Gasteiger partial charge in [-0.15, -0.1) is 0 Å². The lowest BCUT2D eigenvalue weighted by Crippen LogP contribution is -2.33. The van der Waals surface area contributed by atoms with Crippen molar-refractivity contribution >= 4 is 23.2 Å². The summed E-state index contributed by atoms with van der Waals surface area (Å²) in [6.45, 7) is 1.60. The van der Waals surface area contributed by atoms with Crippen LogP contribution in [0.4, 0.5) is 4.39 Å². The summed E-state index contributed by atoms with van der Waals surface area (Å²) >= 11 is 4.94. The number of alkyl halides is 1. The van der Waals surface area contributed by atoms with Crippen molar-refractivity contribution in [2.45, 2.75) is 32.2 Å². The van der Waals surface area contributed by atoms with E-state index in [4.69, 9.17) is 12.2 Å². The molecule has 0 aromatic rings. The first-order chi connectivity index (χ1) is 6.70. The van der Waals surface area contributed by atoms with Crippen LogP contribution in [-0.2, 0) is 4.79 Å². The number of hydrogen-bond donors (Lipinski definition) is 1. The number of rotatable bonds is 5. The normalized spacial score (nSPS) is 21.6. The zero-order valence-corrected chi connectivity index (χ0v) is 9.07. The van der Waals surface area contributed by atoms with E-state index in [9.17, 15) is 9.18 Å². The number of amides is 1. The van der Waals surface area contributed by atoms with E-state index in [2.05, 4.69) is 12.2 Å². The summed E-state index contributed by atoms with van der Waals surface area (Å²) in [5.74, 6) is -0.0823. The maximum absolute atomic E-state index is 12.1. The fraction of sp³-hybridized carbons (Fsp3) is 0.778. The summed E-state index contributed by atoms with van der Waals surface area (Å²) < 4.78 is 12.1. The van der Waals surface area contributed by atoms with Gasteiger partial charge in [0.15, 0.2) is 5.11 Å². The molecule has 14 heavy (non-hydrogen) atoms. The van der Waals surface area contributed by atoms with Crippen LogP contribution in [0.1, 0.15) is 26.2 Å². The second kappa shape index (κ2) is 5.24. The quantitative estimate of drug-likeness (QED) is 0.704. The average molecular weight is 218 g/mol. The SMILES string of the molecule is CCCC[C@H]1NC(=S)N(CCF)C1=O. The molecule has 1 amide bonds. The number of nitrogens with zero attached hydrogens (tertiary/aromatic N) is 1. The molecule has 1 N–H and O–H groups in total. The molecule has 1 heterocycles. The molecule has 0 aliphatic carbocycles. The molecule has 1 aliphatic rings. The largest absolute Gasteiger partial charge is 0.350 e. The van der Waals surface area contributed by atoms with Crippen LogP contribution in [0.2, 0.25) is 0 Å². The van der Waals surface area contributed by atoms with Crippen molar-refractivity contribution in [3.63, 3.8) is 0 Å². The lowest BCUT2D eigenvalue weighted by molar-refractivity contribution is -0.127. The van der Waals surface area contributed by atoms with Crippen molar-refractivity contribution in [1.29, 1.82) is 0 Å². The fourth-order valence-electron chi connectivity index (χ4n) is 1.48. The first kappa shape index (κ1) is 11.4. The fourth-order valence-corrected chi connectivity index (χ4v) is 1.80. The molecule has 0 saturated carbocycles. The molecule has 1 fully saturated rings. The lowest BCUT2D eigenvalue weighted by Gasteiger charge is -2.11. The number of carbonyl (C=O) groups is 1. The van der Waals surface area contributed by atoms with Gasteiger partial charge in [-0.25, -0.2) is 4.39 Å². The predicted molar refractivity (Wildman–Crippen MR) is 56.7 cm³/mol. The van der Waals surface area contributed by atoms with Gasteiger partial charge in [-0.1, -0.05) is 19.8 Å². The van der Waals surface area contributed by atoms with E-state index in [0.29, 0.717) is 5.11 Å². The molecule has 0 spiro atoms. The second-order valence-electron chi connectivity index (χ2n) is 3.32. The summed E-state index contributed by atoms with van der Waals surface area (Å²) in [6.07, 6.45) is 2.80. The van der Waals surface area contributed by atoms with E-state index in [1.54, 1.807) is 0 Å². The first-order valence-corrected chi connectivity index (χ1v) is 5.29. The van der Waals surface area contributed by atoms with Crippen molar-refractivity contribution < 1.29 is 9.18 Å². The highest BCUT2D eigenvalue weighted by Gasteiger charge is 2.34. The van der Waals surface area contributed by atoms with Crippen LogP contribution in [0.25, 0.3) is 0 Å². The van der Waals surface area contributed by atoms with Crippen LogP contribution in [0.3, 0.4) is 0 Å². The third-order valence-corrected chi connectivity index (χ3v) is 2.60. The van der Waals surface area contributed by atoms with Gasteiger partial charge in [-0.05, 0) is 18.6 Å². The van der Waals surface area contributed by atoms with Crippen molar-refractivity contribution in [2.24, 2.45) is 0 Å². The van der Waals surface area contributed by atoms with Gasteiger partial charge in [0, 0.05) is 0 Å². The lowest BCUT2D eigenvalue weighted by atomic mass is 10.1. The number of hydrogen-bond acceptors (Lipinski definition) is 2. The Hall–Kier alpha value is -0.710. The van der Waals surface area contributed by atoms with Gasteiger partial charge >= 0.3 is 0 Å². The molecule has 0 aromatic heterocycles. The monoisotopic (exact) mass is 218 g/mol.